The lowest BCUT2D eigenvalue weighted by molar-refractivity contribution is 0.976. The van der Waals surface area contributed by atoms with Gasteiger partial charge in [0.1, 0.15) is 0 Å². The van der Waals surface area contributed by atoms with Crippen LogP contribution in [-0.4, -0.2) is 11.5 Å². The van der Waals surface area contributed by atoms with Gasteiger partial charge in [0.2, 0.25) is 0 Å². The number of nitrogens with one attached hydrogen (secondary N) is 1. The smallest absolute Gasteiger partial charge is 0.0690 e. The van der Waals surface area contributed by atoms with E-state index in [2.05, 4.69) is 18.0 Å². The highest BCUT2D eigenvalue weighted by Crippen LogP contribution is 2.25. The van der Waals surface area contributed by atoms with Crippen molar-refractivity contribution in [1.82, 2.24) is 4.98 Å². The second-order valence-electron chi connectivity index (χ2n) is 3.63. The van der Waals surface area contributed by atoms with Crippen molar-refractivity contribution in [3.63, 3.8) is 0 Å². The largest absolute Gasteiger partial charge is 0.397 e. The summed E-state index contributed by atoms with van der Waals surface area (Å²) in [5, 5.41) is 1.20. The molecule has 5 N–H and O–H groups in total. The van der Waals surface area contributed by atoms with E-state index < -0.39 is 0 Å². The third-order valence-corrected chi connectivity index (χ3v) is 2.46. The molecule has 0 spiro atoms. The minimum Gasteiger partial charge on any atom is -0.397 e. The molecule has 0 radical (unpaired) electrons. The van der Waals surface area contributed by atoms with Gasteiger partial charge in [-0.3, -0.25) is 0 Å². The fourth-order valence-corrected chi connectivity index (χ4v) is 1.83. The zero-order valence-corrected chi connectivity index (χ0v) is 8.30. The number of hydrogen-bond acceptors (Lipinski definition) is 2. The number of hydrogen-bond donors (Lipinski definition) is 3. The Balaban J connectivity index is 2.66. The fourth-order valence-electron chi connectivity index (χ4n) is 1.83. The van der Waals surface area contributed by atoms with Gasteiger partial charge in [0.05, 0.1) is 11.2 Å². The van der Waals surface area contributed by atoms with Crippen LogP contribution in [0.3, 0.4) is 0 Å². The Morgan fingerprint density at radius 3 is 2.86 bits per heavy atom. The molecule has 1 aromatic heterocycles. The molecule has 14 heavy (non-hydrogen) atoms. The number of aromatic amines is 1. The first-order valence-corrected chi connectivity index (χ1v) is 4.78. The standard InChI is InChI=1S/C11H15N3/c1-7-4-9-8(2-3-12)6-14-11(9)10(13)5-7/h4-6,14H,2-3,12-13H2,1H3. The average molecular weight is 189 g/mol. The van der Waals surface area contributed by atoms with Crippen molar-refractivity contribution in [3.8, 4) is 0 Å². The zero-order chi connectivity index (χ0) is 10.1. The molecule has 74 valence electrons. The summed E-state index contributed by atoms with van der Waals surface area (Å²) < 4.78 is 0. The molecule has 0 bridgehead atoms. The molecule has 0 aliphatic heterocycles. The molecule has 0 saturated carbocycles. The molecule has 1 heterocycles. The minimum absolute atomic E-state index is 0.667. The molecular formula is C11H15N3. The Labute approximate surface area is 83.1 Å². The lowest BCUT2D eigenvalue weighted by Crippen LogP contribution is -2.01. The number of fused-ring (bicyclic) bond motifs is 1. The molecule has 0 unspecified atom stereocenters. The van der Waals surface area contributed by atoms with Gasteiger partial charge in [-0.2, -0.15) is 0 Å². The van der Waals surface area contributed by atoms with Crippen molar-refractivity contribution in [1.29, 1.82) is 0 Å². The second-order valence-corrected chi connectivity index (χ2v) is 3.63. The number of anilines is 1. The molecule has 0 amide bonds. The summed E-state index contributed by atoms with van der Waals surface area (Å²) >= 11 is 0. The molecule has 2 rings (SSSR count). The van der Waals surface area contributed by atoms with E-state index in [4.69, 9.17) is 11.5 Å². The SMILES string of the molecule is Cc1cc(N)c2[nH]cc(CCN)c2c1. The first kappa shape index (κ1) is 9.09. The highest BCUT2D eigenvalue weighted by molar-refractivity contribution is 5.93. The maximum Gasteiger partial charge on any atom is 0.0690 e. The third-order valence-electron chi connectivity index (χ3n) is 2.46. The number of benzene rings is 1. The number of aryl methyl sites for hydroxylation is 1. The highest BCUT2D eigenvalue weighted by Gasteiger charge is 2.05. The summed E-state index contributed by atoms with van der Waals surface area (Å²) in [6.45, 7) is 2.72. The summed E-state index contributed by atoms with van der Waals surface area (Å²) in [6, 6.07) is 4.12. The average Bonchev–Trinajstić information content (AvgIpc) is 2.49. The van der Waals surface area contributed by atoms with Crippen LogP contribution in [0.25, 0.3) is 10.9 Å². The Morgan fingerprint density at radius 1 is 1.36 bits per heavy atom. The molecule has 0 aliphatic rings. The molecule has 0 aliphatic carbocycles. The van der Waals surface area contributed by atoms with Gasteiger partial charge in [-0.1, -0.05) is 0 Å². The van der Waals surface area contributed by atoms with E-state index in [0.717, 1.165) is 17.6 Å². The van der Waals surface area contributed by atoms with Crippen LogP contribution in [0.15, 0.2) is 18.3 Å². The maximum atomic E-state index is 5.90. The normalized spacial score (nSPS) is 11.0. The van der Waals surface area contributed by atoms with Gasteiger partial charge in [0.25, 0.3) is 0 Å². The molecule has 2 aromatic rings. The van der Waals surface area contributed by atoms with E-state index in [-0.39, 0.29) is 0 Å². The van der Waals surface area contributed by atoms with E-state index in [1.54, 1.807) is 0 Å². The van der Waals surface area contributed by atoms with Crippen molar-refractivity contribution < 1.29 is 0 Å². The van der Waals surface area contributed by atoms with Crippen LogP contribution in [0.1, 0.15) is 11.1 Å². The van der Waals surface area contributed by atoms with Gasteiger partial charge < -0.3 is 16.5 Å². The predicted molar refractivity (Wildman–Crippen MR) is 60.2 cm³/mol. The maximum absolute atomic E-state index is 5.90. The van der Waals surface area contributed by atoms with E-state index in [1.807, 2.05) is 12.3 Å². The quantitative estimate of drug-likeness (QED) is 0.627. The monoisotopic (exact) mass is 189 g/mol. The predicted octanol–water partition coefficient (Wildman–Crippen LogP) is 1.56. The molecule has 3 nitrogen and oxygen atoms in total. The number of H-pyrrole nitrogens is 1. The van der Waals surface area contributed by atoms with E-state index in [1.165, 1.54) is 16.5 Å². The van der Waals surface area contributed by atoms with Crippen LogP contribution < -0.4 is 11.5 Å². The lowest BCUT2D eigenvalue weighted by Gasteiger charge is -2.01. The van der Waals surface area contributed by atoms with Crippen LogP contribution in [0.2, 0.25) is 0 Å². The van der Waals surface area contributed by atoms with E-state index in [0.29, 0.717) is 6.54 Å². The molecule has 0 atom stereocenters. The third kappa shape index (κ3) is 1.36. The van der Waals surface area contributed by atoms with E-state index in [9.17, 15) is 0 Å². The van der Waals surface area contributed by atoms with Gasteiger partial charge in [0.15, 0.2) is 0 Å². The number of aromatic nitrogens is 1. The molecule has 1 aromatic carbocycles. The van der Waals surface area contributed by atoms with Crippen LogP contribution in [0.5, 0.6) is 0 Å². The van der Waals surface area contributed by atoms with Crippen LogP contribution in [0.4, 0.5) is 5.69 Å². The first-order chi connectivity index (χ1) is 6.72. The Morgan fingerprint density at radius 2 is 2.14 bits per heavy atom. The fraction of sp³-hybridized carbons (Fsp3) is 0.273. The Bertz CT molecular complexity index is 457. The van der Waals surface area contributed by atoms with Crippen molar-refractivity contribution in [3.05, 3.63) is 29.5 Å². The molecule has 0 saturated heterocycles. The van der Waals surface area contributed by atoms with Crippen molar-refractivity contribution in [2.24, 2.45) is 5.73 Å². The number of nitrogen functional groups attached to an aromatic ring is 1. The second kappa shape index (κ2) is 3.35. The van der Waals surface area contributed by atoms with Crippen molar-refractivity contribution in [2.75, 3.05) is 12.3 Å². The summed E-state index contributed by atoms with van der Waals surface area (Å²) in [5.41, 5.74) is 15.7. The zero-order valence-electron chi connectivity index (χ0n) is 8.30. The molecular weight excluding hydrogens is 174 g/mol. The van der Waals surface area contributed by atoms with Gasteiger partial charge in [-0.05, 0) is 43.1 Å². The lowest BCUT2D eigenvalue weighted by atomic mass is 10.1. The highest BCUT2D eigenvalue weighted by atomic mass is 14.7. The molecule has 0 fully saturated rings. The van der Waals surface area contributed by atoms with Gasteiger partial charge in [-0.25, -0.2) is 0 Å². The van der Waals surface area contributed by atoms with Crippen LogP contribution in [0, 0.1) is 6.92 Å². The van der Waals surface area contributed by atoms with Gasteiger partial charge >= 0.3 is 0 Å². The Hall–Kier alpha value is -1.48. The summed E-state index contributed by atoms with van der Waals surface area (Å²) in [6.07, 6.45) is 2.89. The number of rotatable bonds is 2. The first-order valence-electron chi connectivity index (χ1n) is 4.78. The topological polar surface area (TPSA) is 67.8 Å². The summed E-state index contributed by atoms with van der Waals surface area (Å²) in [7, 11) is 0. The van der Waals surface area contributed by atoms with Gasteiger partial charge in [-0.15, -0.1) is 0 Å². The summed E-state index contributed by atoms with van der Waals surface area (Å²) in [4.78, 5) is 3.19. The Kier molecular flexibility index (Phi) is 2.17. The number of nitrogens with two attached hydrogens (primary N) is 2. The van der Waals surface area contributed by atoms with Crippen molar-refractivity contribution >= 4 is 16.6 Å². The molecule has 3 heteroatoms. The van der Waals surface area contributed by atoms with Crippen LogP contribution in [-0.2, 0) is 6.42 Å². The van der Waals surface area contributed by atoms with Gasteiger partial charge in [0, 0.05) is 11.6 Å². The minimum atomic E-state index is 0.667. The van der Waals surface area contributed by atoms with E-state index >= 15 is 0 Å². The summed E-state index contributed by atoms with van der Waals surface area (Å²) in [5.74, 6) is 0. The van der Waals surface area contributed by atoms with Crippen LogP contribution >= 0.6 is 0 Å². The van der Waals surface area contributed by atoms with Crippen molar-refractivity contribution in [2.45, 2.75) is 13.3 Å².